The van der Waals surface area contributed by atoms with Crippen LogP contribution in [0.1, 0.15) is 55.3 Å². The highest BCUT2D eigenvalue weighted by molar-refractivity contribution is 6.01. The fourth-order valence-corrected chi connectivity index (χ4v) is 5.14. The predicted molar refractivity (Wildman–Crippen MR) is 140 cm³/mol. The molecule has 5 heteroatoms. The van der Waals surface area contributed by atoms with Crippen LogP contribution < -0.4 is 20.1 Å². The highest BCUT2D eigenvalue weighted by Gasteiger charge is 2.36. The lowest BCUT2D eigenvalue weighted by Crippen LogP contribution is -2.26. The average Bonchev–Trinajstić information content (AvgIpc) is 3.06. The first-order valence-corrected chi connectivity index (χ1v) is 12.4. The first-order chi connectivity index (χ1) is 17.1. The lowest BCUT2D eigenvalue weighted by molar-refractivity contribution is -0.116. The van der Waals surface area contributed by atoms with Gasteiger partial charge in [-0.25, -0.2) is 0 Å². The van der Waals surface area contributed by atoms with E-state index in [-0.39, 0.29) is 17.7 Å². The number of rotatable bonds is 6. The number of allylic oxidation sites excluding steroid dienone is 1. The second kappa shape index (κ2) is 9.87. The molecule has 0 saturated heterocycles. The maximum atomic E-state index is 13.8. The van der Waals surface area contributed by atoms with E-state index in [0.29, 0.717) is 18.8 Å². The molecular weight excluding hydrogens is 436 g/mol. The number of hydrogen-bond acceptors (Lipinski definition) is 5. The highest BCUT2D eigenvalue weighted by atomic mass is 16.5. The van der Waals surface area contributed by atoms with Crippen LogP contribution in [0.15, 0.2) is 78.0 Å². The van der Waals surface area contributed by atoms with Gasteiger partial charge in [-0.05, 0) is 66.6 Å². The monoisotopic (exact) mass is 468 g/mol. The molecule has 2 N–H and O–H groups in total. The van der Waals surface area contributed by atoms with Crippen molar-refractivity contribution >= 4 is 17.2 Å². The Labute approximate surface area is 207 Å². The van der Waals surface area contributed by atoms with E-state index in [1.54, 1.807) is 7.11 Å². The van der Waals surface area contributed by atoms with Gasteiger partial charge in [-0.1, -0.05) is 49.4 Å². The van der Waals surface area contributed by atoms with Gasteiger partial charge in [-0.15, -0.1) is 0 Å². The van der Waals surface area contributed by atoms with Crippen LogP contribution in [0.3, 0.4) is 0 Å². The van der Waals surface area contributed by atoms with E-state index in [1.807, 2.05) is 31.2 Å². The molecule has 1 aliphatic heterocycles. The molecule has 0 bridgehead atoms. The van der Waals surface area contributed by atoms with E-state index in [0.717, 1.165) is 52.4 Å². The number of methoxy groups -OCH3 is 1. The van der Waals surface area contributed by atoms with E-state index >= 15 is 0 Å². The zero-order valence-corrected chi connectivity index (χ0v) is 20.6. The first-order valence-electron chi connectivity index (χ1n) is 12.4. The number of aryl methyl sites for hydroxylation is 1. The molecule has 2 atom stereocenters. The zero-order valence-electron chi connectivity index (χ0n) is 20.6. The van der Waals surface area contributed by atoms with Crippen LogP contribution in [-0.2, 0) is 11.2 Å². The van der Waals surface area contributed by atoms with Crippen molar-refractivity contribution < 1.29 is 14.3 Å². The summed E-state index contributed by atoms with van der Waals surface area (Å²) in [5, 5.41) is 7.27. The molecule has 3 aromatic rings. The Kier molecular flexibility index (Phi) is 6.49. The van der Waals surface area contributed by atoms with E-state index in [1.165, 1.54) is 5.56 Å². The van der Waals surface area contributed by atoms with Gasteiger partial charge in [0.05, 0.1) is 31.1 Å². The van der Waals surface area contributed by atoms with Crippen molar-refractivity contribution in [3.8, 4) is 11.5 Å². The molecule has 0 saturated carbocycles. The van der Waals surface area contributed by atoms with Crippen molar-refractivity contribution in [3.63, 3.8) is 0 Å². The minimum Gasteiger partial charge on any atom is -0.493 e. The number of carbonyl (C=O) groups is 1. The van der Waals surface area contributed by atoms with Crippen LogP contribution in [0, 0.1) is 0 Å². The highest BCUT2D eigenvalue weighted by Crippen LogP contribution is 2.45. The van der Waals surface area contributed by atoms with Crippen molar-refractivity contribution in [1.82, 2.24) is 0 Å². The van der Waals surface area contributed by atoms with E-state index < -0.39 is 0 Å². The van der Waals surface area contributed by atoms with Crippen LogP contribution in [0.25, 0.3) is 0 Å². The Morgan fingerprint density at radius 1 is 0.886 bits per heavy atom. The Balaban J connectivity index is 1.55. The quantitative estimate of drug-likeness (QED) is 0.425. The summed E-state index contributed by atoms with van der Waals surface area (Å²) < 4.78 is 11.3. The summed E-state index contributed by atoms with van der Waals surface area (Å²) in [5.41, 5.74) is 7.28. The van der Waals surface area contributed by atoms with Crippen molar-refractivity contribution in [2.45, 2.75) is 45.1 Å². The molecule has 180 valence electrons. The van der Waals surface area contributed by atoms with Crippen molar-refractivity contribution in [1.29, 1.82) is 0 Å². The van der Waals surface area contributed by atoms with Gasteiger partial charge < -0.3 is 20.1 Å². The van der Waals surface area contributed by atoms with Gasteiger partial charge in [0, 0.05) is 17.7 Å². The molecule has 0 fully saturated rings. The number of anilines is 2. The van der Waals surface area contributed by atoms with Gasteiger partial charge in [0.25, 0.3) is 0 Å². The minimum atomic E-state index is -0.199. The van der Waals surface area contributed by atoms with E-state index in [4.69, 9.17) is 9.47 Å². The molecule has 1 aliphatic carbocycles. The van der Waals surface area contributed by atoms with Gasteiger partial charge >= 0.3 is 0 Å². The topological polar surface area (TPSA) is 59.6 Å². The van der Waals surface area contributed by atoms with Crippen molar-refractivity contribution in [2.24, 2.45) is 0 Å². The molecular formula is C30H32N2O3. The molecule has 5 nitrogen and oxygen atoms in total. The maximum absolute atomic E-state index is 13.8. The first kappa shape index (κ1) is 23.0. The average molecular weight is 469 g/mol. The third-order valence-electron chi connectivity index (χ3n) is 6.99. The Morgan fingerprint density at radius 2 is 1.63 bits per heavy atom. The summed E-state index contributed by atoms with van der Waals surface area (Å²) in [5.74, 6) is 1.65. The van der Waals surface area contributed by atoms with E-state index in [9.17, 15) is 4.79 Å². The summed E-state index contributed by atoms with van der Waals surface area (Å²) in [4.78, 5) is 13.8. The van der Waals surface area contributed by atoms with Crippen LogP contribution >= 0.6 is 0 Å². The fraction of sp³-hybridized carbons (Fsp3) is 0.300. The van der Waals surface area contributed by atoms with E-state index in [2.05, 4.69) is 60.0 Å². The molecule has 35 heavy (non-hydrogen) atoms. The summed E-state index contributed by atoms with van der Waals surface area (Å²) in [6, 6.07) is 22.6. The molecule has 0 spiro atoms. The molecule has 0 unspecified atom stereocenters. The van der Waals surface area contributed by atoms with Gasteiger partial charge in [0.15, 0.2) is 17.3 Å². The maximum Gasteiger partial charge on any atom is 0.163 e. The number of fused-ring (bicyclic) bond motifs is 1. The fourth-order valence-electron chi connectivity index (χ4n) is 5.14. The number of ether oxygens (including phenoxy) is 2. The largest absolute Gasteiger partial charge is 0.493 e. The van der Waals surface area contributed by atoms with Crippen LogP contribution in [0.4, 0.5) is 11.4 Å². The standard InChI is InChI=1S/C30H32N2O3/c1-4-19-10-12-20(13-11-19)30-29-25(31-23-8-6-7-9-24(23)32-30)16-22(17-26(29)33)21-14-15-27(35-5-2)28(18-21)34-3/h6-15,18,22,30-32H,4-5,16-17H2,1-3H3/t22-,30+/m0/s1. The minimum absolute atomic E-state index is 0.0618. The van der Waals surface area contributed by atoms with Gasteiger partial charge in [0.1, 0.15) is 0 Å². The lowest BCUT2D eigenvalue weighted by atomic mass is 9.78. The second-order valence-corrected chi connectivity index (χ2v) is 9.11. The third kappa shape index (κ3) is 4.51. The van der Waals surface area contributed by atoms with Gasteiger partial charge in [-0.2, -0.15) is 0 Å². The number of hydrogen-bond donors (Lipinski definition) is 2. The normalized spacial score (nSPS) is 19.1. The Hall–Kier alpha value is -3.73. The predicted octanol–water partition coefficient (Wildman–Crippen LogP) is 6.64. The number of para-hydroxylation sites is 2. The summed E-state index contributed by atoms with van der Waals surface area (Å²) in [7, 11) is 1.65. The SMILES string of the molecule is CCOc1ccc([C@@H]2CC(=O)C3=C(C2)Nc2ccccc2N[C@@H]3c2ccc(CC)cc2)cc1OC. The number of nitrogens with one attached hydrogen (secondary N) is 2. The van der Waals surface area contributed by atoms with Crippen LogP contribution in [0.5, 0.6) is 11.5 Å². The molecule has 2 aliphatic rings. The molecule has 1 heterocycles. The third-order valence-corrected chi connectivity index (χ3v) is 6.99. The van der Waals surface area contributed by atoms with Crippen LogP contribution in [-0.4, -0.2) is 19.5 Å². The molecule has 5 rings (SSSR count). The van der Waals surface area contributed by atoms with Crippen molar-refractivity contribution in [2.75, 3.05) is 24.4 Å². The van der Waals surface area contributed by atoms with Crippen LogP contribution in [0.2, 0.25) is 0 Å². The second-order valence-electron chi connectivity index (χ2n) is 9.11. The zero-order chi connectivity index (χ0) is 24.4. The molecule has 0 amide bonds. The molecule has 0 aromatic heterocycles. The smallest absolute Gasteiger partial charge is 0.163 e. The van der Waals surface area contributed by atoms with Gasteiger partial charge in [-0.3, -0.25) is 4.79 Å². The Bertz CT molecular complexity index is 1260. The number of Topliss-reactive ketones (excluding diaryl/α,β-unsaturated/α-hetero) is 1. The number of carbonyl (C=O) groups excluding carboxylic acids is 1. The lowest BCUT2D eigenvalue weighted by Gasteiger charge is -2.30. The Morgan fingerprint density at radius 3 is 2.34 bits per heavy atom. The number of ketones is 1. The summed E-state index contributed by atoms with van der Waals surface area (Å²) >= 11 is 0. The van der Waals surface area contributed by atoms with Crippen molar-refractivity contribution in [3.05, 3.63) is 94.7 Å². The summed E-state index contributed by atoms with van der Waals surface area (Å²) in [6.45, 7) is 4.68. The molecule has 0 radical (unpaired) electrons. The van der Waals surface area contributed by atoms with Gasteiger partial charge in [0.2, 0.25) is 0 Å². The summed E-state index contributed by atoms with van der Waals surface area (Å²) in [6.07, 6.45) is 2.19. The molecule has 3 aromatic carbocycles. The number of benzene rings is 3.